The fraction of sp³-hybridized carbons (Fsp3) is 0.500. The van der Waals surface area contributed by atoms with E-state index >= 15 is 0 Å². The summed E-state index contributed by atoms with van der Waals surface area (Å²) in [5, 5.41) is 6.70. The quantitative estimate of drug-likeness (QED) is 0.521. The van der Waals surface area contributed by atoms with Gasteiger partial charge in [0.1, 0.15) is 6.17 Å². The average molecular weight is 479 g/mol. The molecule has 2 aromatic carbocycles. The third-order valence-corrected chi connectivity index (χ3v) is 7.17. The van der Waals surface area contributed by atoms with E-state index < -0.39 is 29.6 Å². The molecule has 4 unspecified atom stereocenters. The van der Waals surface area contributed by atoms with E-state index in [9.17, 15) is 22.4 Å². The minimum absolute atomic E-state index is 0.0206. The highest BCUT2D eigenvalue weighted by atomic mass is 19.4. The average Bonchev–Trinajstić information content (AvgIpc) is 3.18. The maximum Gasteiger partial charge on any atom is 0.416 e. The first kappa shape index (κ1) is 24.7. The molecule has 0 saturated carbocycles. The van der Waals surface area contributed by atoms with Crippen LogP contribution < -0.4 is 10.6 Å². The predicted octanol–water partition coefficient (Wildman–Crippen LogP) is 5.74. The van der Waals surface area contributed by atoms with Crippen LogP contribution in [0.1, 0.15) is 74.1 Å². The van der Waals surface area contributed by atoms with Crippen molar-refractivity contribution in [3.05, 3.63) is 70.8 Å². The van der Waals surface area contributed by atoms with E-state index in [0.29, 0.717) is 19.4 Å². The van der Waals surface area contributed by atoms with Gasteiger partial charge in [-0.25, -0.2) is 4.39 Å². The van der Waals surface area contributed by atoms with E-state index in [1.54, 1.807) is 6.92 Å². The number of ether oxygens (including phenoxy) is 1. The third-order valence-electron chi connectivity index (χ3n) is 7.17. The minimum atomic E-state index is -4.57. The van der Waals surface area contributed by atoms with E-state index in [0.717, 1.165) is 30.5 Å². The Morgan fingerprint density at radius 2 is 1.74 bits per heavy atom. The molecule has 2 aromatic rings. The summed E-state index contributed by atoms with van der Waals surface area (Å²) >= 11 is 0. The molecule has 2 aliphatic rings. The van der Waals surface area contributed by atoms with Gasteiger partial charge in [0.2, 0.25) is 5.91 Å². The fourth-order valence-electron chi connectivity index (χ4n) is 4.94. The summed E-state index contributed by atoms with van der Waals surface area (Å²) in [6.07, 6.45) is -4.03. The van der Waals surface area contributed by atoms with Gasteiger partial charge in [-0.2, -0.15) is 13.2 Å². The Balaban J connectivity index is 1.56. The first-order valence-corrected chi connectivity index (χ1v) is 11.6. The van der Waals surface area contributed by atoms with Gasteiger partial charge in [-0.1, -0.05) is 36.4 Å². The van der Waals surface area contributed by atoms with Crippen LogP contribution in [0.15, 0.2) is 48.5 Å². The monoisotopic (exact) mass is 478 g/mol. The number of carbonyl (C=O) groups is 1. The molecule has 2 heterocycles. The molecule has 1 spiro atoms. The number of halogens is 4. The van der Waals surface area contributed by atoms with Crippen molar-refractivity contribution < 1.29 is 27.1 Å². The first-order valence-electron chi connectivity index (χ1n) is 11.6. The molecule has 4 atom stereocenters. The van der Waals surface area contributed by atoms with Crippen molar-refractivity contribution in [2.45, 2.75) is 69.1 Å². The summed E-state index contributed by atoms with van der Waals surface area (Å²) in [5.41, 5.74) is -0.420. The smallest absolute Gasteiger partial charge is 0.372 e. The van der Waals surface area contributed by atoms with E-state index in [4.69, 9.17) is 4.74 Å². The molecule has 184 valence electrons. The molecule has 0 bridgehead atoms. The largest absolute Gasteiger partial charge is 0.416 e. The molecule has 2 saturated heterocycles. The molecule has 2 N–H and O–H groups in total. The van der Waals surface area contributed by atoms with Crippen LogP contribution in [0, 0.1) is 0 Å². The Morgan fingerprint density at radius 1 is 1.03 bits per heavy atom. The van der Waals surface area contributed by atoms with Crippen LogP contribution in [0.5, 0.6) is 0 Å². The van der Waals surface area contributed by atoms with Crippen LogP contribution in [0.4, 0.5) is 17.6 Å². The lowest BCUT2D eigenvalue weighted by atomic mass is 9.76. The van der Waals surface area contributed by atoms with E-state index in [-0.39, 0.29) is 29.2 Å². The molecule has 0 aliphatic carbocycles. The van der Waals surface area contributed by atoms with E-state index in [1.165, 1.54) is 13.0 Å². The van der Waals surface area contributed by atoms with E-state index in [1.807, 2.05) is 30.3 Å². The Morgan fingerprint density at radius 3 is 2.29 bits per heavy atom. The van der Waals surface area contributed by atoms with E-state index in [2.05, 4.69) is 10.6 Å². The lowest BCUT2D eigenvalue weighted by molar-refractivity contribution is -0.137. The maximum absolute atomic E-state index is 13.9. The Labute approximate surface area is 197 Å². The molecule has 0 aromatic heterocycles. The van der Waals surface area contributed by atoms with Gasteiger partial charge in [0.25, 0.3) is 0 Å². The summed E-state index contributed by atoms with van der Waals surface area (Å²) in [4.78, 5) is 11.8. The Bertz CT molecular complexity index is 1020. The second-order valence-corrected chi connectivity index (χ2v) is 9.59. The number of carbonyl (C=O) groups excluding carboxylic acids is 1. The summed E-state index contributed by atoms with van der Waals surface area (Å²) < 4.78 is 60.3. The normalized spacial score (nSPS) is 26.9. The third kappa shape index (κ3) is 5.13. The van der Waals surface area contributed by atoms with Crippen molar-refractivity contribution in [3.63, 3.8) is 0 Å². The van der Waals surface area contributed by atoms with Gasteiger partial charge in [0.15, 0.2) is 0 Å². The second kappa shape index (κ2) is 9.30. The van der Waals surface area contributed by atoms with Crippen molar-refractivity contribution >= 4 is 5.91 Å². The van der Waals surface area contributed by atoms with Gasteiger partial charge >= 0.3 is 6.18 Å². The van der Waals surface area contributed by atoms with Crippen molar-refractivity contribution in [1.82, 2.24) is 10.6 Å². The van der Waals surface area contributed by atoms with Crippen LogP contribution in [0.2, 0.25) is 0 Å². The van der Waals surface area contributed by atoms with Gasteiger partial charge in [-0.05, 0) is 61.9 Å². The lowest BCUT2D eigenvalue weighted by Crippen LogP contribution is -2.61. The summed E-state index contributed by atoms with van der Waals surface area (Å²) in [6, 6.07) is 13.1. The number of piperidine rings is 1. The van der Waals surface area contributed by atoms with Crippen molar-refractivity contribution in [2.75, 3.05) is 13.2 Å². The molecule has 8 heteroatoms. The number of amides is 1. The predicted molar refractivity (Wildman–Crippen MR) is 121 cm³/mol. The molecule has 2 aliphatic heterocycles. The number of benzene rings is 2. The summed E-state index contributed by atoms with van der Waals surface area (Å²) in [5.74, 6) is 0.0568. The van der Waals surface area contributed by atoms with Gasteiger partial charge in [0.05, 0.1) is 29.4 Å². The molecule has 1 amide bonds. The van der Waals surface area contributed by atoms with Crippen LogP contribution in [0.25, 0.3) is 0 Å². The van der Waals surface area contributed by atoms with Crippen molar-refractivity contribution in [3.8, 4) is 0 Å². The lowest BCUT2D eigenvalue weighted by Gasteiger charge is -2.46. The van der Waals surface area contributed by atoms with Gasteiger partial charge in [-0.3, -0.25) is 4.79 Å². The zero-order chi connectivity index (χ0) is 24.6. The van der Waals surface area contributed by atoms with Crippen LogP contribution in [0.3, 0.4) is 0 Å². The number of hydrogen-bond acceptors (Lipinski definition) is 3. The molecule has 34 heavy (non-hydrogen) atoms. The fourth-order valence-corrected chi connectivity index (χ4v) is 4.94. The molecule has 4 nitrogen and oxygen atoms in total. The highest BCUT2D eigenvalue weighted by molar-refractivity contribution is 5.79. The zero-order valence-corrected chi connectivity index (χ0v) is 19.3. The number of alkyl halides is 4. The zero-order valence-electron chi connectivity index (χ0n) is 19.3. The number of hydrogen-bond donors (Lipinski definition) is 2. The highest BCUT2D eigenvalue weighted by Gasteiger charge is 2.46. The van der Waals surface area contributed by atoms with Crippen molar-refractivity contribution in [2.24, 2.45) is 0 Å². The molecular weight excluding hydrogens is 448 g/mol. The topological polar surface area (TPSA) is 50.4 Å². The molecule has 0 radical (unpaired) electrons. The van der Waals surface area contributed by atoms with Crippen LogP contribution in [-0.2, 0) is 21.2 Å². The highest BCUT2D eigenvalue weighted by Crippen LogP contribution is 2.40. The molecule has 4 rings (SSSR count). The van der Waals surface area contributed by atoms with Gasteiger partial charge < -0.3 is 15.4 Å². The minimum Gasteiger partial charge on any atom is -0.372 e. The van der Waals surface area contributed by atoms with Crippen LogP contribution in [-0.4, -0.2) is 24.6 Å². The summed E-state index contributed by atoms with van der Waals surface area (Å²) in [7, 11) is 0. The Hall–Kier alpha value is -2.45. The van der Waals surface area contributed by atoms with Gasteiger partial charge in [0, 0.05) is 13.0 Å². The van der Waals surface area contributed by atoms with Gasteiger partial charge in [-0.15, -0.1) is 0 Å². The van der Waals surface area contributed by atoms with Crippen molar-refractivity contribution in [1.29, 1.82) is 0 Å². The number of nitrogens with one attached hydrogen (secondary N) is 2. The molecular formula is C26H30F4N2O2. The van der Waals surface area contributed by atoms with Crippen LogP contribution >= 0.6 is 0 Å². The molecule has 2 fully saturated rings. The summed E-state index contributed by atoms with van der Waals surface area (Å²) in [6.45, 7) is 3.71. The SMILES string of the molecule is CC(F)c1cc(C(C)OCC2(c3ccccc3)CCC3(CCC(=O)N3)CN2)cc(C(F)(F)F)c1. The standard InChI is InChI=1S/C26H30F4N2O2/c1-17(27)19-12-20(14-22(13-19)26(28,29)30)18(2)34-16-25(21-6-4-3-5-7-21)11-10-24(15-31-25)9-8-23(33)32-24/h3-7,12-14,17-18,31H,8-11,15-16H2,1-2H3,(H,32,33). The Kier molecular flexibility index (Phi) is 6.75. The first-order chi connectivity index (χ1) is 16.0. The second-order valence-electron chi connectivity index (χ2n) is 9.59. The number of rotatable bonds is 6. The maximum atomic E-state index is 13.9.